The van der Waals surface area contributed by atoms with E-state index in [0.717, 1.165) is 11.1 Å². The molecule has 12 heteroatoms. The topological polar surface area (TPSA) is 144 Å². The Morgan fingerprint density at radius 3 is 2.50 bits per heavy atom. The van der Waals surface area contributed by atoms with Gasteiger partial charge in [0.1, 0.15) is 11.1 Å². The minimum atomic E-state index is -3.93. The van der Waals surface area contributed by atoms with Crippen molar-refractivity contribution in [1.29, 1.82) is 0 Å². The molecule has 1 saturated heterocycles. The van der Waals surface area contributed by atoms with Crippen LogP contribution in [-0.4, -0.2) is 33.4 Å². The van der Waals surface area contributed by atoms with Crippen molar-refractivity contribution < 1.29 is 22.3 Å². The summed E-state index contributed by atoms with van der Waals surface area (Å²) < 4.78 is 51.7. The van der Waals surface area contributed by atoms with Gasteiger partial charge in [-0.2, -0.15) is 0 Å². The second-order valence-corrected chi connectivity index (χ2v) is 12.6. The standard InChI is InChI=1S/C24H23ClN4O5S2/c25-17-4-3-5-18(13-17)35(31,32)28-21(24-26-19-6-1-2-7-20(19)27-24)12-15-8-10-16(11-9-15)22-14-23(30)29-36(22,33)34/h1-11,13,21-22,28,33-34H,12,14H2,(H,26,27)(H,29,30)/t21-,22?/m0/s1. The Bertz CT molecular complexity index is 1510. The lowest BCUT2D eigenvalue weighted by Gasteiger charge is -2.32. The third-order valence-electron chi connectivity index (χ3n) is 5.96. The minimum Gasteiger partial charge on any atom is -0.341 e. The molecule has 0 saturated carbocycles. The van der Waals surface area contributed by atoms with Gasteiger partial charge in [0.15, 0.2) is 0 Å². The molecule has 0 radical (unpaired) electrons. The smallest absolute Gasteiger partial charge is 0.241 e. The average Bonchev–Trinajstić information content (AvgIpc) is 3.38. The number of benzene rings is 3. The van der Waals surface area contributed by atoms with Crippen molar-refractivity contribution >= 4 is 49.3 Å². The number of para-hydroxylation sites is 2. The van der Waals surface area contributed by atoms with Crippen LogP contribution in [0.1, 0.15) is 34.7 Å². The van der Waals surface area contributed by atoms with E-state index in [1.807, 2.05) is 24.3 Å². The zero-order chi connectivity index (χ0) is 25.5. The molecule has 1 aromatic heterocycles. The number of imidazole rings is 1. The Balaban J connectivity index is 1.45. The molecule has 1 fully saturated rings. The lowest BCUT2D eigenvalue weighted by molar-refractivity contribution is -0.118. The van der Waals surface area contributed by atoms with Crippen LogP contribution < -0.4 is 9.44 Å². The summed E-state index contributed by atoms with van der Waals surface area (Å²) in [6.07, 6.45) is 0.251. The summed E-state index contributed by atoms with van der Waals surface area (Å²) in [5, 5.41) is -0.425. The zero-order valence-electron chi connectivity index (χ0n) is 18.8. The van der Waals surface area contributed by atoms with E-state index < -0.39 is 38.0 Å². The number of nitrogens with one attached hydrogen (secondary N) is 3. The van der Waals surface area contributed by atoms with Crippen molar-refractivity contribution in [2.24, 2.45) is 0 Å². The maximum Gasteiger partial charge on any atom is 0.241 e. The molecule has 5 rings (SSSR count). The molecule has 1 aliphatic rings. The molecule has 4 aromatic rings. The predicted octanol–water partition coefficient (Wildman–Crippen LogP) is 4.71. The van der Waals surface area contributed by atoms with Gasteiger partial charge >= 0.3 is 0 Å². The molecule has 1 amide bonds. The Morgan fingerprint density at radius 1 is 1.08 bits per heavy atom. The van der Waals surface area contributed by atoms with Crippen LogP contribution in [0.3, 0.4) is 0 Å². The number of aromatic nitrogens is 2. The molecule has 1 aliphatic heterocycles. The highest BCUT2D eigenvalue weighted by molar-refractivity contribution is 8.23. The SMILES string of the molecule is O=C1CC(c2ccc(C[C@H](NS(=O)(=O)c3cccc(Cl)c3)c3nc4ccccc4[nH]3)cc2)S(O)(O)N1. The Labute approximate surface area is 214 Å². The number of sulfonamides is 1. The molecule has 5 N–H and O–H groups in total. The van der Waals surface area contributed by atoms with E-state index in [1.165, 1.54) is 12.1 Å². The first-order valence-corrected chi connectivity index (χ1v) is 14.5. The zero-order valence-corrected chi connectivity index (χ0v) is 21.1. The summed E-state index contributed by atoms with van der Waals surface area (Å²) in [6, 6.07) is 19.7. The summed E-state index contributed by atoms with van der Waals surface area (Å²) in [7, 11) is -7.19. The highest BCUT2D eigenvalue weighted by Crippen LogP contribution is 2.56. The van der Waals surface area contributed by atoms with Gasteiger partial charge in [-0.25, -0.2) is 18.1 Å². The van der Waals surface area contributed by atoms with Crippen LogP contribution in [0.5, 0.6) is 0 Å². The van der Waals surface area contributed by atoms with Crippen LogP contribution in [0.4, 0.5) is 0 Å². The molecule has 2 heterocycles. The fourth-order valence-electron chi connectivity index (χ4n) is 4.20. The summed E-state index contributed by atoms with van der Waals surface area (Å²) in [5.74, 6) is 0.0371. The van der Waals surface area contributed by atoms with E-state index in [4.69, 9.17) is 11.6 Å². The molecule has 2 atom stereocenters. The number of carbonyl (C=O) groups is 1. The quantitative estimate of drug-likeness (QED) is 0.227. The molecule has 36 heavy (non-hydrogen) atoms. The van der Waals surface area contributed by atoms with E-state index in [-0.39, 0.29) is 17.7 Å². The highest BCUT2D eigenvalue weighted by Gasteiger charge is 2.38. The number of hydrogen-bond donors (Lipinski definition) is 5. The molecular weight excluding hydrogens is 524 g/mol. The highest BCUT2D eigenvalue weighted by atomic mass is 35.5. The molecule has 0 bridgehead atoms. The molecule has 3 aromatic carbocycles. The summed E-state index contributed by atoms with van der Waals surface area (Å²) >= 11 is 6.02. The molecule has 0 spiro atoms. The van der Waals surface area contributed by atoms with Gasteiger partial charge in [0.2, 0.25) is 15.9 Å². The van der Waals surface area contributed by atoms with Crippen LogP contribution in [0.2, 0.25) is 5.02 Å². The van der Waals surface area contributed by atoms with Crippen molar-refractivity contribution in [3.63, 3.8) is 0 Å². The maximum absolute atomic E-state index is 13.2. The third-order valence-corrected chi connectivity index (χ3v) is 9.43. The first-order valence-electron chi connectivity index (χ1n) is 11.0. The number of fused-ring (bicyclic) bond motifs is 1. The van der Waals surface area contributed by atoms with Gasteiger partial charge in [-0.1, -0.05) is 54.1 Å². The lowest BCUT2D eigenvalue weighted by Crippen LogP contribution is -2.31. The number of rotatable bonds is 7. The van der Waals surface area contributed by atoms with Crippen LogP contribution in [0, 0.1) is 0 Å². The normalized spacial score (nSPS) is 19.2. The van der Waals surface area contributed by atoms with Crippen LogP contribution in [0.15, 0.2) is 77.7 Å². The van der Waals surface area contributed by atoms with Gasteiger partial charge in [0.25, 0.3) is 0 Å². The number of aromatic amines is 1. The minimum absolute atomic E-state index is 0.0112. The van der Waals surface area contributed by atoms with Crippen molar-refractivity contribution in [2.75, 3.05) is 0 Å². The van der Waals surface area contributed by atoms with Gasteiger partial charge in [-0.05, 0) is 47.9 Å². The van der Waals surface area contributed by atoms with Gasteiger partial charge < -0.3 is 4.98 Å². The van der Waals surface area contributed by atoms with E-state index in [2.05, 4.69) is 19.4 Å². The van der Waals surface area contributed by atoms with E-state index in [1.54, 1.807) is 36.4 Å². The Morgan fingerprint density at radius 2 is 1.83 bits per heavy atom. The molecule has 9 nitrogen and oxygen atoms in total. The summed E-state index contributed by atoms with van der Waals surface area (Å²) in [6.45, 7) is 0. The van der Waals surface area contributed by atoms with Crippen LogP contribution >= 0.6 is 22.4 Å². The second kappa shape index (κ2) is 9.51. The predicted molar refractivity (Wildman–Crippen MR) is 139 cm³/mol. The number of H-pyrrole nitrogens is 1. The third kappa shape index (κ3) is 5.12. The number of nitrogens with zero attached hydrogens (tertiary/aromatic N) is 1. The molecule has 1 unspecified atom stereocenters. The number of halogens is 1. The van der Waals surface area contributed by atoms with E-state index in [0.29, 0.717) is 21.9 Å². The maximum atomic E-state index is 13.2. The average molecular weight is 547 g/mol. The van der Waals surface area contributed by atoms with Gasteiger partial charge in [0, 0.05) is 5.02 Å². The van der Waals surface area contributed by atoms with Crippen molar-refractivity contribution in [1.82, 2.24) is 19.4 Å². The van der Waals surface area contributed by atoms with E-state index in [9.17, 15) is 22.3 Å². The van der Waals surface area contributed by atoms with E-state index >= 15 is 0 Å². The van der Waals surface area contributed by atoms with Crippen molar-refractivity contribution in [2.45, 2.75) is 29.0 Å². The number of carbonyl (C=O) groups excluding carboxylic acids is 1. The Kier molecular flexibility index (Phi) is 6.54. The Hall–Kier alpha value is -2.93. The number of amides is 1. The summed E-state index contributed by atoms with van der Waals surface area (Å²) in [4.78, 5) is 19.5. The van der Waals surface area contributed by atoms with Crippen LogP contribution in [-0.2, 0) is 21.2 Å². The largest absolute Gasteiger partial charge is 0.341 e. The van der Waals surface area contributed by atoms with Crippen molar-refractivity contribution in [3.8, 4) is 0 Å². The number of hydrogen-bond acceptors (Lipinski definition) is 6. The molecule has 188 valence electrons. The lowest BCUT2D eigenvalue weighted by atomic mass is 10.0. The molecular formula is C24H23ClN4O5S2. The van der Waals surface area contributed by atoms with Gasteiger partial charge in [-0.15, -0.1) is 10.8 Å². The fourth-order valence-corrected chi connectivity index (χ4v) is 7.18. The fraction of sp³-hybridized carbons (Fsp3) is 0.167. The van der Waals surface area contributed by atoms with Crippen molar-refractivity contribution in [3.05, 3.63) is 94.8 Å². The molecule has 0 aliphatic carbocycles. The second-order valence-electron chi connectivity index (χ2n) is 8.53. The summed E-state index contributed by atoms with van der Waals surface area (Å²) in [5.41, 5.74) is 2.88. The van der Waals surface area contributed by atoms with Gasteiger partial charge in [0.05, 0.1) is 28.4 Å². The first-order chi connectivity index (χ1) is 17.1. The monoisotopic (exact) mass is 546 g/mol. The van der Waals surface area contributed by atoms with Gasteiger partial charge in [-0.3, -0.25) is 18.6 Å². The first kappa shape index (κ1) is 24.8. The van der Waals surface area contributed by atoms with Crippen LogP contribution in [0.25, 0.3) is 11.0 Å².